The van der Waals surface area contributed by atoms with Gasteiger partial charge in [-0.05, 0) is 29.6 Å². The van der Waals surface area contributed by atoms with Crippen molar-refractivity contribution in [2.75, 3.05) is 23.5 Å². The van der Waals surface area contributed by atoms with Crippen LogP contribution in [0.25, 0.3) is 0 Å². The predicted molar refractivity (Wildman–Crippen MR) is 144 cm³/mol. The first-order chi connectivity index (χ1) is 17.7. The van der Waals surface area contributed by atoms with Crippen LogP contribution in [-0.4, -0.2) is 33.5 Å². The molecule has 1 aromatic carbocycles. The number of nitrogens with one attached hydrogen (secondary N) is 3. The van der Waals surface area contributed by atoms with Crippen LogP contribution >= 0.6 is 46.1 Å². The summed E-state index contributed by atoms with van der Waals surface area (Å²) in [5, 5.41) is 15.5. The Kier molecular flexibility index (Phi) is 7.98. The lowest BCUT2D eigenvalue weighted by atomic mass is 10.1. The van der Waals surface area contributed by atoms with Gasteiger partial charge in [0.05, 0.1) is 35.0 Å². The first kappa shape index (κ1) is 26.4. The van der Waals surface area contributed by atoms with Crippen molar-refractivity contribution in [3.8, 4) is 5.75 Å². The minimum absolute atomic E-state index is 0.0360. The molecule has 5 N–H and O–H groups in total. The number of rotatable bonds is 7. The number of thiophene rings is 1. The number of nitrogens with two attached hydrogens (primary N) is 1. The van der Waals surface area contributed by atoms with E-state index in [1.807, 2.05) is 0 Å². The molecule has 0 spiro atoms. The van der Waals surface area contributed by atoms with Crippen molar-refractivity contribution >= 4 is 75.4 Å². The molecular weight excluding hydrogens is 561 g/mol. The number of methoxy groups -OCH3 is 1. The molecule has 14 heteroatoms. The van der Waals surface area contributed by atoms with E-state index in [1.54, 1.807) is 22.2 Å². The van der Waals surface area contributed by atoms with Gasteiger partial charge in [0, 0.05) is 29.0 Å². The minimum Gasteiger partial charge on any atom is -0.494 e. The summed E-state index contributed by atoms with van der Waals surface area (Å²) in [6.45, 7) is 0.244. The number of benzene rings is 1. The highest BCUT2D eigenvalue weighted by Gasteiger charge is 2.23. The van der Waals surface area contributed by atoms with Crippen LogP contribution in [0.15, 0.2) is 48.1 Å². The zero-order valence-corrected chi connectivity index (χ0v) is 22.1. The van der Waals surface area contributed by atoms with Gasteiger partial charge >= 0.3 is 0 Å². The maximum atomic E-state index is 13.2. The van der Waals surface area contributed by atoms with E-state index in [0.29, 0.717) is 10.6 Å². The molecule has 0 aliphatic heterocycles. The fraction of sp³-hybridized carbons (Fsp3) is 0.0870. The Bertz CT molecular complexity index is 1550. The van der Waals surface area contributed by atoms with Crippen LogP contribution in [0, 0.1) is 5.41 Å². The molecule has 3 aromatic heterocycles. The number of hydrogen-bond donors (Lipinski definition) is 4. The summed E-state index contributed by atoms with van der Waals surface area (Å²) < 4.78 is 6.98. The highest BCUT2D eigenvalue weighted by molar-refractivity contribution is 7.13. The zero-order chi connectivity index (χ0) is 26.7. The van der Waals surface area contributed by atoms with Crippen LogP contribution in [0.1, 0.15) is 25.6 Å². The molecule has 4 aromatic rings. The Morgan fingerprint density at radius 1 is 1.14 bits per heavy atom. The van der Waals surface area contributed by atoms with E-state index < -0.39 is 11.8 Å². The van der Waals surface area contributed by atoms with Gasteiger partial charge in [-0.25, -0.2) is 4.98 Å². The van der Waals surface area contributed by atoms with Gasteiger partial charge < -0.3 is 25.7 Å². The number of hydrogen-bond acceptors (Lipinski definition) is 8. The second kappa shape index (κ2) is 11.2. The molecule has 0 radical (unpaired) electrons. The molecule has 0 bridgehead atoms. The summed E-state index contributed by atoms with van der Waals surface area (Å²) in [5.41, 5.74) is 6.69. The van der Waals surface area contributed by atoms with E-state index in [1.165, 1.54) is 37.6 Å². The van der Waals surface area contributed by atoms with E-state index >= 15 is 0 Å². The minimum atomic E-state index is -0.582. The number of nitrogen functional groups attached to an aromatic ring is 1. The molecule has 37 heavy (non-hydrogen) atoms. The van der Waals surface area contributed by atoms with Crippen molar-refractivity contribution < 1.29 is 14.3 Å². The third-order valence-electron chi connectivity index (χ3n) is 5.03. The Morgan fingerprint density at radius 3 is 2.59 bits per heavy atom. The molecule has 2 amide bonds. The highest BCUT2D eigenvalue weighted by Crippen LogP contribution is 2.35. The van der Waals surface area contributed by atoms with Crippen molar-refractivity contribution in [2.45, 2.75) is 6.54 Å². The van der Waals surface area contributed by atoms with Gasteiger partial charge in [-0.1, -0.05) is 34.8 Å². The first-order valence-electron chi connectivity index (χ1n) is 10.4. The van der Waals surface area contributed by atoms with Crippen molar-refractivity contribution in [1.29, 1.82) is 5.41 Å². The van der Waals surface area contributed by atoms with Gasteiger partial charge in [-0.15, -0.1) is 11.3 Å². The third kappa shape index (κ3) is 6.03. The van der Waals surface area contributed by atoms with E-state index in [2.05, 4.69) is 20.6 Å². The maximum Gasteiger partial charge on any atom is 0.267 e. The first-order valence-corrected chi connectivity index (χ1v) is 12.4. The largest absolute Gasteiger partial charge is 0.494 e. The number of nitrogens with zero attached hydrogens (tertiary/aromatic N) is 3. The smallest absolute Gasteiger partial charge is 0.267 e. The highest BCUT2D eigenvalue weighted by atomic mass is 35.5. The van der Waals surface area contributed by atoms with Gasteiger partial charge in [-0.3, -0.25) is 15.0 Å². The quantitative estimate of drug-likeness (QED) is 0.245. The second-order valence-electron chi connectivity index (χ2n) is 7.50. The number of pyridine rings is 1. The molecule has 0 fully saturated rings. The third-order valence-corrected chi connectivity index (χ3v) is 7.04. The average molecular weight is 579 g/mol. The van der Waals surface area contributed by atoms with E-state index in [0.717, 1.165) is 11.3 Å². The normalized spacial score (nSPS) is 10.7. The van der Waals surface area contributed by atoms with E-state index in [9.17, 15) is 9.59 Å². The lowest BCUT2D eigenvalue weighted by Gasteiger charge is -2.15. The maximum absolute atomic E-state index is 13.2. The molecule has 0 aliphatic rings. The molecule has 0 saturated heterocycles. The monoisotopic (exact) mass is 577 g/mol. The second-order valence-corrected chi connectivity index (χ2v) is 9.63. The van der Waals surface area contributed by atoms with Crippen molar-refractivity contribution in [1.82, 2.24) is 14.5 Å². The number of halogens is 3. The molecule has 190 valence electrons. The van der Waals surface area contributed by atoms with E-state index in [-0.39, 0.29) is 55.7 Å². The van der Waals surface area contributed by atoms with Crippen molar-refractivity contribution in [3.05, 3.63) is 84.7 Å². The molecule has 0 unspecified atom stereocenters. The molecule has 4 rings (SSSR count). The molecule has 0 atom stereocenters. The fourth-order valence-corrected chi connectivity index (χ4v) is 4.84. The van der Waals surface area contributed by atoms with Crippen LogP contribution in [0.2, 0.25) is 15.1 Å². The topological polar surface area (TPSA) is 148 Å². The zero-order valence-electron chi connectivity index (χ0n) is 19.0. The van der Waals surface area contributed by atoms with Crippen LogP contribution in [-0.2, 0) is 6.54 Å². The van der Waals surface area contributed by atoms with Gasteiger partial charge in [0.15, 0.2) is 0 Å². The number of aromatic nitrogens is 3. The van der Waals surface area contributed by atoms with Crippen LogP contribution in [0.5, 0.6) is 5.75 Å². The number of amides is 2. The van der Waals surface area contributed by atoms with Crippen LogP contribution in [0.3, 0.4) is 0 Å². The van der Waals surface area contributed by atoms with Gasteiger partial charge in [-0.2, -0.15) is 4.98 Å². The molecule has 0 aliphatic carbocycles. The summed E-state index contributed by atoms with van der Waals surface area (Å²) in [5.74, 6) is -0.578. The fourth-order valence-electron chi connectivity index (χ4n) is 3.27. The number of anilines is 3. The Balaban J connectivity index is 1.62. The van der Waals surface area contributed by atoms with Crippen LogP contribution in [0.4, 0.5) is 17.5 Å². The van der Waals surface area contributed by atoms with Gasteiger partial charge in [0.25, 0.3) is 11.8 Å². The number of carbonyl (C=O) groups is 2. The number of carbonyl (C=O) groups excluding carboxylic acids is 2. The Morgan fingerprint density at radius 2 is 1.92 bits per heavy atom. The number of ether oxygens (including phenoxy) is 1. The summed E-state index contributed by atoms with van der Waals surface area (Å²) in [7, 11) is 1.39. The molecular formula is C23H18Cl3N7O3S. The molecule has 10 nitrogen and oxygen atoms in total. The lowest BCUT2D eigenvalue weighted by molar-refractivity contribution is 0.102. The average Bonchev–Trinajstić information content (AvgIpc) is 3.22. The van der Waals surface area contributed by atoms with Crippen molar-refractivity contribution in [3.63, 3.8) is 0 Å². The standard InChI is InChI=1S/C23H18Cl3N7O3S/c1-36-15-7-13(25)6-14(21(34)31-17-3-2-12(24)8-29-17)19(15)32-22(35)20-18(26)11(10-37-20)9-33-5-4-16(27)30-23(33)28/h2-8,10H,9H2,1H3,(H,32,35)(H3,27,28,30)(H,29,31,34). The Hall–Kier alpha value is -3.64. The lowest BCUT2D eigenvalue weighted by Crippen LogP contribution is -2.19. The Labute approximate surface area is 229 Å². The van der Waals surface area contributed by atoms with E-state index in [4.69, 9.17) is 50.7 Å². The van der Waals surface area contributed by atoms with Crippen LogP contribution < -0.4 is 26.6 Å². The van der Waals surface area contributed by atoms with Crippen molar-refractivity contribution in [2.24, 2.45) is 0 Å². The SMILES string of the molecule is COc1cc(Cl)cc(C(=O)Nc2ccc(Cl)cn2)c1NC(=O)c1scc(Cn2ccc(=N)nc2N)c1Cl. The van der Waals surface area contributed by atoms with Gasteiger partial charge in [0.1, 0.15) is 21.9 Å². The summed E-state index contributed by atoms with van der Waals surface area (Å²) in [4.78, 5) is 34.5. The summed E-state index contributed by atoms with van der Waals surface area (Å²) >= 11 is 19.7. The molecule has 0 saturated carbocycles. The summed E-state index contributed by atoms with van der Waals surface area (Å²) in [6.07, 6.45) is 3.00. The summed E-state index contributed by atoms with van der Waals surface area (Å²) in [6, 6.07) is 7.46. The predicted octanol–water partition coefficient (Wildman–Crippen LogP) is 4.92. The molecule has 3 heterocycles. The van der Waals surface area contributed by atoms with Gasteiger partial charge in [0.2, 0.25) is 5.95 Å².